The van der Waals surface area contributed by atoms with E-state index in [-0.39, 0.29) is 6.61 Å². The second-order valence-corrected chi connectivity index (χ2v) is 4.19. The Morgan fingerprint density at radius 3 is 2.71 bits per heavy atom. The third kappa shape index (κ3) is 3.46. The van der Waals surface area contributed by atoms with Gasteiger partial charge in [0, 0.05) is 0 Å². The molecule has 0 bridgehead atoms. The maximum absolute atomic E-state index is 11.2. The Labute approximate surface area is 101 Å². The number of benzene rings is 1. The zero-order valence-electron chi connectivity index (χ0n) is 10.1. The predicted octanol–water partition coefficient (Wildman–Crippen LogP) is 2.20. The number of hydrogen-bond acceptors (Lipinski definition) is 3. The predicted molar refractivity (Wildman–Crippen MR) is 63.9 cm³/mol. The van der Waals surface area contributed by atoms with Gasteiger partial charge in [0.2, 0.25) is 5.60 Å². The van der Waals surface area contributed by atoms with Gasteiger partial charge >= 0.3 is 5.97 Å². The minimum atomic E-state index is -1.22. The normalized spacial score (nSPS) is 14.1. The molecule has 4 heteroatoms. The number of carboxylic acid groups (broad SMARTS) is 1. The van der Waals surface area contributed by atoms with Crippen LogP contribution in [0.2, 0.25) is 0 Å². The summed E-state index contributed by atoms with van der Waals surface area (Å²) in [5.41, 5.74) is -0.519. The average molecular weight is 238 g/mol. The summed E-state index contributed by atoms with van der Waals surface area (Å²) in [7, 11) is 0. The van der Waals surface area contributed by atoms with Crippen molar-refractivity contribution < 1.29 is 19.7 Å². The van der Waals surface area contributed by atoms with Crippen molar-refractivity contribution in [2.75, 3.05) is 0 Å². The smallest absolute Gasteiger partial charge is 0.347 e. The summed E-state index contributed by atoms with van der Waals surface area (Å²) in [6.45, 7) is 3.38. The highest BCUT2D eigenvalue weighted by Crippen LogP contribution is 2.24. The molecule has 0 aliphatic heterocycles. The van der Waals surface area contributed by atoms with Crippen molar-refractivity contribution in [1.82, 2.24) is 0 Å². The lowest BCUT2D eigenvalue weighted by Gasteiger charge is -2.26. The van der Waals surface area contributed by atoms with Gasteiger partial charge in [0.05, 0.1) is 6.61 Å². The summed E-state index contributed by atoms with van der Waals surface area (Å²) in [6.07, 6.45) is 1.16. The summed E-state index contributed by atoms with van der Waals surface area (Å²) >= 11 is 0. The molecule has 0 aliphatic carbocycles. The maximum Gasteiger partial charge on any atom is 0.347 e. The van der Waals surface area contributed by atoms with E-state index < -0.39 is 11.6 Å². The SMILES string of the molecule is CCCC(C)(Oc1cccc(CO)c1)C(=O)O. The fraction of sp³-hybridized carbons (Fsp3) is 0.462. The van der Waals surface area contributed by atoms with Crippen molar-refractivity contribution in [3.05, 3.63) is 29.8 Å². The van der Waals surface area contributed by atoms with Gasteiger partial charge in [0.25, 0.3) is 0 Å². The number of carbonyl (C=O) groups is 1. The molecule has 4 nitrogen and oxygen atoms in total. The summed E-state index contributed by atoms with van der Waals surface area (Å²) in [6, 6.07) is 6.83. The van der Waals surface area contributed by atoms with E-state index >= 15 is 0 Å². The Morgan fingerprint density at radius 1 is 1.47 bits per heavy atom. The van der Waals surface area contributed by atoms with Crippen LogP contribution >= 0.6 is 0 Å². The number of hydrogen-bond donors (Lipinski definition) is 2. The number of rotatable bonds is 6. The Kier molecular flexibility index (Phi) is 4.52. The van der Waals surface area contributed by atoms with Crippen molar-refractivity contribution in [2.45, 2.75) is 38.9 Å². The first-order valence-corrected chi connectivity index (χ1v) is 5.64. The molecule has 0 aromatic heterocycles. The molecule has 0 radical (unpaired) electrons. The monoisotopic (exact) mass is 238 g/mol. The minimum absolute atomic E-state index is 0.0885. The number of ether oxygens (including phenoxy) is 1. The molecule has 1 aromatic carbocycles. The first-order chi connectivity index (χ1) is 8.01. The van der Waals surface area contributed by atoms with Gasteiger partial charge in [-0.3, -0.25) is 0 Å². The maximum atomic E-state index is 11.2. The molecular formula is C13H18O4. The Balaban J connectivity index is 2.89. The second-order valence-electron chi connectivity index (χ2n) is 4.19. The van der Waals surface area contributed by atoms with Gasteiger partial charge in [0.1, 0.15) is 5.75 Å². The Morgan fingerprint density at radius 2 is 2.18 bits per heavy atom. The fourth-order valence-corrected chi connectivity index (χ4v) is 1.65. The molecular weight excluding hydrogens is 220 g/mol. The van der Waals surface area contributed by atoms with Crippen LogP contribution < -0.4 is 4.74 Å². The number of aliphatic carboxylic acids is 1. The molecule has 0 amide bonds. The van der Waals surface area contributed by atoms with E-state index in [1.165, 1.54) is 0 Å². The molecule has 0 saturated carbocycles. The van der Waals surface area contributed by atoms with Gasteiger partial charge in [-0.2, -0.15) is 0 Å². The quantitative estimate of drug-likeness (QED) is 0.797. The molecule has 17 heavy (non-hydrogen) atoms. The molecule has 1 atom stereocenters. The van der Waals surface area contributed by atoms with Gasteiger partial charge in [-0.15, -0.1) is 0 Å². The Hall–Kier alpha value is -1.55. The lowest BCUT2D eigenvalue weighted by atomic mass is 10.0. The molecule has 1 aromatic rings. The van der Waals surface area contributed by atoms with Gasteiger partial charge in [-0.25, -0.2) is 4.79 Å². The summed E-state index contributed by atoms with van der Waals surface area (Å²) in [5, 5.41) is 18.2. The van der Waals surface area contributed by atoms with Crippen LogP contribution in [0.4, 0.5) is 0 Å². The molecule has 0 spiro atoms. The number of aliphatic hydroxyl groups is 1. The molecule has 0 aliphatic rings. The molecule has 0 heterocycles. The number of carboxylic acids is 1. The van der Waals surface area contributed by atoms with Crippen LogP contribution in [0.3, 0.4) is 0 Å². The van der Waals surface area contributed by atoms with Gasteiger partial charge < -0.3 is 14.9 Å². The first kappa shape index (κ1) is 13.5. The van der Waals surface area contributed by atoms with Crippen LogP contribution in [0.5, 0.6) is 5.75 Å². The van der Waals surface area contributed by atoms with E-state index in [1.807, 2.05) is 6.92 Å². The average Bonchev–Trinajstić information content (AvgIpc) is 2.29. The molecule has 0 saturated heterocycles. The van der Waals surface area contributed by atoms with E-state index in [4.69, 9.17) is 9.84 Å². The van der Waals surface area contributed by atoms with Crippen molar-refractivity contribution in [1.29, 1.82) is 0 Å². The number of aliphatic hydroxyl groups excluding tert-OH is 1. The lowest BCUT2D eigenvalue weighted by molar-refractivity contribution is -0.154. The van der Waals surface area contributed by atoms with Crippen LogP contribution in [0.15, 0.2) is 24.3 Å². The summed E-state index contributed by atoms with van der Waals surface area (Å²) < 4.78 is 5.54. The fourth-order valence-electron chi connectivity index (χ4n) is 1.65. The van der Waals surface area contributed by atoms with Crippen molar-refractivity contribution in [2.24, 2.45) is 0 Å². The van der Waals surface area contributed by atoms with Crippen molar-refractivity contribution in [3.63, 3.8) is 0 Å². The third-order valence-electron chi connectivity index (χ3n) is 2.60. The van der Waals surface area contributed by atoms with E-state index in [0.717, 1.165) is 6.42 Å². The van der Waals surface area contributed by atoms with E-state index in [0.29, 0.717) is 17.7 Å². The van der Waals surface area contributed by atoms with Gasteiger partial charge in [-0.1, -0.05) is 25.5 Å². The van der Waals surface area contributed by atoms with Crippen LogP contribution in [-0.4, -0.2) is 21.8 Å². The molecule has 2 N–H and O–H groups in total. The summed E-state index contributed by atoms with van der Waals surface area (Å²) in [5.74, 6) is -0.511. The van der Waals surface area contributed by atoms with Crippen molar-refractivity contribution >= 4 is 5.97 Å². The molecule has 0 fully saturated rings. The van der Waals surface area contributed by atoms with Crippen LogP contribution in [0.25, 0.3) is 0 Å². The highest BCUT2D eigenvalue weighted by Gasteiger charge is 2.34. The van der Waals surface area contributed by atoms with Gasteiger partial charge in [-0.05, 0) is 31.0 Å². The highest BCUT2D eigenvalue weighted by atomic mass is 16.5. The summed E-state index contributed by atoms with van der Waals surface area (Å²) in [4.78, 5) is 11.2. The molecule has 1 rings (SSSR count). The van der Waals surface area contributed by atoms with Crippen LogP contribution in [-0.2, 0) is 11.4 Å². The Bertz CT molecular complexity index is 389. The highest BCUT2D eigenvalue weighted by molar-refractivity contribution is 5.77. The van der Waals surface area contributed by atoms with Crippen molar-refractivity contribution in [3.8, 4) is 5.75 Å². The third-order valence-corrected chi connectivity index (χ3v) is 2.60. The largest absolute Gasteiger partial charge is 0.478 e. The van der Waals surface area contributed by atoms with Crippen LogP contribution in [0, 0.1) is 0 Å². The lowest BCUT2D eigenvalue weighted by Crippen LogP contribution is -2.41. The topological polar surface area (TPSA) is 66.8 Å². The van der Waals surface area contributed by atoms with E-state index in [2.05, 4.69) is 0 Å². The second kappa shape index (κ2) is 5.68. The van der Waals surface area contributed by atoms with Crippen LogP contribution in [0.1, 0.15) is 32.3 Å². The standard InChI is InChI=1S/C13H18O4/c1-3-7-13(2,12(15)16)17-11-6-4-5-10(8-11)9-14/h4-6,8,14H,3,7,9H2,1-2H3,(H,15,16). The van der Waals surface area contributed by atoms with E-state index in [1.54, 1.807) is 31.2 Å². The zero-order valence-corrected chi connectivity index (χ0v) is 10.1. The molecule has 94 valence electrons. The first-order valence-electron chi connectivity index (χ1n) is 5.64. The van der Waals surface area contributed by atoms with Gasteiger partial charge in [0.15, 0.2) is 0 Å². The minimum Gasteiger partial charge on any atom is -0.478 e. The van der Waals surface area contributed by atoms with E-state index in [9.17, 15) is 9.90 Å². The zero-order chi connectivity index (χ0) is 12.9. The molecule has 1 unspecified atom stereocenters.